The average Bonchev–Trinajstić information content (AvgIpc) is 3.14. The van der Waals surface area contributed by atoms with Crippen LogP contribution in [0.2, 0.25) is 5.02 Å². The lowest BCUT2D eigenvalue weighted by Crippen LogP contribution is -2.13. The van der Waals surface area contributed by atoms with Gasteiger partial charge in [0.05, 0.1) is 19.9 Å². The zero-order chi connectivity index (χ0) is 17.5. The van der Waals surface area contributed by atoms with Crippen LogP contribution in [0.25, 0.3) is 0 Å². The molecule has 0 radical (unpaired) electrons. The van der Waals surface area contributed by atoms with Gasteiger partial charge in [-0.25, -0.2) is 0 Å². The van der Waals surface area contributed by atoms with Gasteiger partial charge in [0.15, 0.2) is 11.5 Å². The Labute approximate surface area is 152 Å². The minimum absolute atomic E-state index is 0.423. The van der Waals surface area contributed by atoms with Gasteiger partial charge in [-0.3, -0.25) is 0 Å². The summed E-state index contributed by atoms with van der Waals surface area (Å²) >= 11 is 6.03. The van der Waals surface area contributed by atoms with Gasteiger partial charge in [-0.2, -0.15) is 0 Å². The van der Waals surface area contributed by atoms with E-state index in [2.05, 4.69) is 5.32 Å². The molecular weight excluding hydrogens is 338 g/mol. The maximum Gasteiger partial charge on any atom is 0.166 e. The molecule has 0 spiro atoms. The van der Waals surface area contributed by atoms with Crippen LogP contribution in [-0.2, 0) is 19.7 Å². The highest BCUT2D eigenvalue weighted by Crippen LogP contribution is 2.32. The van der Waals surface area contributed by atoms with Gasteiger partial charge in [-0.15, -0.1) is 0 Å². The van der Waals surface area contributed by atoms with E-state index in [1.54, 1.807) is 13.4 Å². The van der Waals surface area contributed by atoms with Gasteiger partial charge in [-0.05, 0) is 35.9 Å². The highest BCUT2D eigenvalue weighted by Gasteiger charge is 2.11. The molecule has 0 fully saturated rings. The number of para-hydroxylation sites is 1. The Balaban J connectivity index is 1.69. The largest absolute Gasteiger partial charge is 0.493 e. The molecule has 3 aromatic rings. The van der Waals surface area contributed by atoms with E-state index in [-0.39, 0.29) is 0 Å². The number of hydrogen-bond donors (Lipinski definition) is 1. The fourth-order valence-electron chi connectivity index (χ4n) is 2.54. The summed E-state index contributed by atoms with van der Waals surface area (Å²) in [6, 6.07) is 17.3. The van der Waals surface area contributed by atoms with E-state index in [0.29, 0.717) is 30.5 Å². The second kappa shape index (κ2) is 8.60. The number of benzene rings is 2. The first-order chi connectivity index (χ1) is 12.3. The molecule has 0 aliphatic carbocycles. The fourth-order valence-corrected chi connectivity index (χ4v) is 2.75. The molecule has 0 unspecified atom stereocenters. The van der Waals surface area contributed by atoms with Gasteiger partial charge in [0.1, 0.15) is 12.4 Å². The number of rotatable bonds is 8. The van der Waals surface area contributed by atoms with Crippen LogP contribution in [0.5, 0.6) is 11.5 Å². The summed E-state index contributed by atoms with van der Waals surface area (Å²) < 4.78 is 16.8. The SMILES string of the molecule is COc1cccc(CNCc2ccco2)c1OCc1cccc(Cl)c1. The predicted octanol–water partition coefficient (Wildman–Crippen LogP) is 4.81. The summed E-state index contributed by atoms with van der Waals surface area (Å²) in [5.74, 6) is 2.33. The van der Waals surface area contributed by atoms with Crippen molar-refractivity contribution in [1.29, 1.82) is 0 Å². The lowest BCUT2D eigenvalue weighted by molar-refractivity contribution is 0.280. The molecule has 1 aromatic heterocycles. The molecule has 25 heavy (non-hydrogen) atoms. The molecule has 3 rings (SSSR count). The lowest BCUT2D eigenvalue weighted by Gasteiger charge is -2.15. The van der Waals surface area contributed by atoms with Crippen molar-refractivity contribution in [3.05, 3.63) is 82.8 Å². The Morgan fingerprint density at radius 1 is 1.04 bits per heavy atom. The third-order valence-electron chi connectivity index (χ3n) is 3.75. The van der Waals surface area contributed by atoms with Gasteiger partial charge in [0.2, 0.25) is 0 Å². The van der Waals surface area contributed by atoms with E-state index in [1.807, 2.05) is 54.6 Å². The van der Waals surface area contributed by atoms with Crippen LogP contribution in [0.4, 0.5) is 0 Å². The molecule has 0 bridgehead atoms. The fraction of sp³-hybridized carbons (Fsp3) is 0.200. The molecule has 0 atom stereocenters. The van der Waals surface area contributed by atoms with Gasteiger partial charge >= 0.3 is 0 Å². The van der Waals surface area contributed by atoms with E-state index < -0.39 is 0 Å². The van der Waals surface area contributed by atoms with Crippen LogP contribution >= 0.6 is 11.6 Å². The molecule has 0 aliphatic rings. The molecule has 0 aliphatic heterocycles. The van der Waals surface area contributed by atoms with Crippen molar-refractivity contribution in [2.45, 2.75) is 19.7 Å². The number of methoxy groups -OCH3 is 1. The third kappa shape index (κ3) is 4.78. The van der Waals surface area contributed by atoms with Crippen molar-refractivity contribution < 1.29 is 13.9 Å². The summed E-state index contributed by atoms with van der Waals surface area (Å²) in [4.78, 5) is 0. The Bertz CT molecular complexity index is 802. The van der Waals surface area contributed by atoms with Crippen LogP contribution in [0.1, 0.15) is 16.9 Å². The van der Waals surface area contributed by atoms with Crippen molar-refractivity contribution in [2.24, 2.45) is 0 Å². The monoisotopic (exact) mass is 357 g/mol. The minimum atomic E-state index is 0.423. The van der Waals surface area contributed by atoms with Crippen molar-refractivity contribution in [3.63, 3.8) is 0 Å². The van der Waals surface area contributed by atoms with Gasteiger partial charge < -0.3 is 19.2 Å². The molecule has 0 saturated carbocycles. The number of halogens is 1. The summed E-state index contributed by atoms with van der Waals surface area (Å²) in [6.07, 6.45) is 1.67. The second-order valence-corrected chi connectivity index (χ2v) is 5.99. The first kappa shape index (κ1) is 17.4. The predicted molar refractivity (Wildman–Crippen MR) is 98.0 cm³/mol. The van der Waals surface area contributed by atoms with Crippen molar-refractivity contribution in [1.82, 2.24) is 5.32 Å². The van der Waals surface area contributed by atoms with Gasteiger partial charge in [0, 0.05) is 17.1 Å². The maximum atomic E-state index is 6.04. The first-order valence-corrected chi connectivity index (χ1v) is 8.40. The Morgan fingerprint density at radius 2 is 1.92 bits per heavy atom. The Morgan fingerprint density at radius 3 is 2.68 bits per heavy atom. The first-order valence-electron chi connectivity index (χ1n) is 8.02. The van der Waals surface area contributed by atoms with Crippen LogP contribution in [-0.4, -0.2) is 7.11 Å². The van der Waals surface area contributed by atoms with Gasteiger partial charge in [-0.1, -0.05) is 35.9 Å². The normalized spacial score (nSPS) is 10.6. The standard InChI is InChI=1S/C20H20ClNO3/c1-23-19-9-3-6-16(12-22-13-18-8-4-10-24-18)20(19)25-14-15-5-2-7-17(21)11-15/h2-11,22H,12-14H2,1H3. The Hall–Kier alpha value is -2.43. The molecule has 5 heteroatoms. The minimum Gasteiger partial charge on any atom is -0.493 e. The van der Waals surface area contributed by atoms with Crippen molar-refractivity contribution in [3.8, 4) is 11.5 Å². The summed E-state index contributed by atoms with van der Waals surface area (Å²) in [6.45, 7) is 1.72. The van der Waals surface area contributed by atoms with E-state index in [1.165, 1.54) is 0 Å². The molecule has 130 valence electrons. The highest BCUT2D eigenvalue weighted by molar-refractivity contribution is 6.30. The van der Waals surface area contributed by atoms with E-state index in [9.17, 15) is 0 Å². The van der Waals surface area contributed by atoms with Crippen LogP contribution < -0.4 is 14.8 Å². The maximum absolute atomic E-state index is 6.04. The number of hydrogen-bond acceptors (Lipinski definition) is 4. The highest BCUT2D eigenvalue weighted by atomic mass is 35.5. The smallest absolute Gasteiger partial charge is 0.166 e. The molecule has 0 amide bonds. The Kier molecular flexibility index (Phi) is 5.99. The number of ether oxygens (including phenoxy) is 2. The zero-order valence-electron chi connectivity index (χ0n) is 14.0. The third-order valence-corrected chi connectivity index (χ3v) is 3.98. The van der Waals surface area contributed by atoms with Crippen molar-refractivity contribution in [2.75, 3.05) is 7.11 Å². The van der Waals surface area contributed by atoms with E-state index in [4.69, 9.17) is 25.5 Å². The molecule has 1 N–H and O–H groups in total. The molecule has 1 heterocycles. The topological polar surface area (TPSA) is 43.6 Å². The molecular formula is C20H20ClNO3. The molecule has 2 aromatic carbocycles. The molecule has 4 nitrogen and oxygen atoms in total. The zero-order valence-corrected chi connectivity index (χ0v) is 14.8. The summed E-state index contributed by atoms with van der Waals surface area (Å²) in [7, 11) is 1.64. The lowest BCUT2D eigenvalue weighted by atomic mass is 10.1. The van der Waals surface area contributed by atoms with Crippen LogP contribution in [0.3, 0.4) is 0 Å². The van der Waals surface area contributed by atoms with Crippen LogP contribution in [0, 0.1) is 0 Å². The summed E-state index contributed by atoms with van der Waals surface area (Å²) in [5.41, 5.74) is 2.03. The summed E-state index contributed by atoms with van der Waals surface area (Å²) in [5, 5.41) is 4.05. The quantitative estimate of drug-likeness (QED) is 0.628. The molecule has 0 saturated heterocycles. The van der Waals surface area contributed by atoms with Crippen LogP contribution in [0.15, 0.2) is 65.3 Å². The van der Waals surface area contributed by atoms with Gasteiger partial charge in [0.25, 0.3) is 0 Å². The number of furan rings is 1. The van der Waals surface area contributed by atoms with E-state index >= 15 is 0 Å². The average molecular weight is 358 g/mol. The number of nitrogens with one attached hydrogen (secondary N) is 1. The van der Waals surface area contributed by atoms with Crippen molar-refractivity contribution >= 4 is 11.6 Å². The second-order valence-electron chi connectivity index (χ2n) is 5.55. The van der Waals surface area contributed by atoms with E-state index in [0.717, 1.165) is 22.6 Å².